The minimum Gasteiger partial charge on any atom is -0.370 e. The van der Waals surface area contributed by atoms with Crippen molar-refractivity contribution in [3.8, 4) is 0 Å². The van der Waals surface area contributed by atoms with Crippen LogP contribution in [-0.2, 0) is 11.3 Å². The van der Waals surface area contributed by atoms with E-state index in [9.17, 15) is 4.79 Å². The summed E-state index contributed by atoms with van der Waals surface area (Å²) in [6, 6.07) is 4.02. The molecule has 0 aromatic carbocycles. The molecule has 1 aromatic rings. The van der Waals surface area contributed by atoms with E-state index >= 15 is 0 Å². The van der Waals surface area contributed by atoms with Crippen molar-refractivity contribution in [1.82, 2.24) is 14.8 Å². The number of hydrogen-bond acceptors (Lipinski definition) is 4. The summed E-state index contributed by atoms with van der Waals surface area (Å²) in [5.41, 5.74) is 1.11. The van der Waals surface area contributed by atoms with Gasteiger partial charge in [0.1, 0.15) is 5.82 Å². The zero-order valence-corrected chi connectivity index (χ0v) is 13.0. The Bertz CT molecular complexity index is 401. The highest BCUT2D eigenvalue weighted by Crippen LogP contribution is 2.07. The van der Waals surface area contributed by atoms with Crippen molar-refractivity contribution < 1.29 is 4.79 Å². The zero-order chi connectivity index (χ0) is 15.0. The molecule has 5 heteroatoms. The molecule has 112 valence electrons. The molecule has 0 aliphatic rings. The summed E-state index contributed by atoms with van der Waals surface area (Å²) in [6.07, 6.45) is 1.86. The Morgan fingerprint density at radius 2 is 1.95 bits per heavy atom. The van der Waals surface area contributed by atoms with Crippen molar-refractivity contribution in [3.63, 3.8) is 0 Å². The van der Waals surface area contributed by atoms with Crippen LogP contribution in [0.5, 0.6) is 0 Å². The Hall–Kier alpha value is -1.62. The summed E-state index contributed by atoms with van der Waals surface area (Å²) in [5, 5.41) is 3.16. The average molecular weight is 278 g/mol. The molecule has 0 unspecified atom stereocenters. The van der Waals surface area contributed by atoms with Crippen molar-refractivity contribution in [2.45, 2.75) is 27.3 Å². The number of amides is 1. The molecule has 0 radical (unpaired) electrons. The summed E-state index contributed by atoms with van der Waals surface area (Å²) >= 11 is 0. The van der Waals surface area contributed by atoms with Gasteiger partial charge in [0.25, 0.3) is 0 Å². The molecule has 0 bridgehead atoms. The summed E-state index contributed by atoms with van der Waals surface area (Å²) in [6.45, 7) is 9.62. The SMILES string of the molecule is CCNc1ccc(CN(C)CC(=O)N(CC)CC)cn1. The van der Waals surface area contributed by atoms with E-state index in [1.165, 1.54) is 0 Å². The maximum atomic E-state index is 12.0. The van der Waals surface area contributed by atoms with E-state index in [-0.39, 0.29) is 5.91 Å². The van der Waals surface area contributed by atoms with Crippen molar-refractivity contribution >= 4 is 11.7 Å². The van der Waals surface area contributed by atoms with E-state index in [4.69, 9.17) is 0 Å². The van der Waals surface area contributed by atoms with Crippen LogP contribution in [0.25, 0.3) is 0 Å². The molecular formula is C15H26N4O. The van der Waals surface area contributed by atoms with Crippen LogP contribution in [0.15, 0.2) is 18.3 Å². The third-order valence-corrected chi connectivity index (χ3v) is 3.16. The van der Waals surface area contributed by atoms with Gasteiger partial charge in [0, 0.05) is 32.4 Å². The van der Waals surface area contributed by atoms with E-state index < -0.39 is 0 Å². The van der Waals surface area contributed by atoms with E-state index in [0.29, 0.717) is 6.54 Å². The second kappa shape index (κ2) is 8.53. The Morgan fingerprint density at radius 1 is 1.25 bits per heavy atom. The first-order chi connectivity index (χ1) is 9.60. The highest BCUT2D eigenvalue weighted by atomic mass is 16.2. The lowest BCUT2D eigenvalue weighted by atomic mass is 10.2. The number of carbonyl (C=O) groups excluding carboxylic acids is 1. The third-order valence-electron chi connectivity index (χ3n) is 3.16. The van der Waals surface area contributed by atoms with Crippen LogP contribution >= 0.6 is 0 Å². The fourth-order valence-corrected chi connectivity index (χ4v) is 2.08. The van der Waals surface area contributed by atoms with Gasteiger partial charge in [-0.05, 0) is 39.4 Å². The van der Waals surface area contributed by atoms with Crippen molar-refractivity contribution in [1.29, 1.82) is 0 Å². The number of nitrogens with zero attached hydrogens (tertiary/aromatic N) is 3. The number of likely N-dealkylation sites (N-methyl/N-ethyl adjacent to an activating group) is 2. The quantitative estimate of drug-likeness (QED) is 0.788. The molecule has 0 fully saturated rings. The molecule has 0 atom stereocenters. The summed E-state index contributed by atoms with van der Waals surface area (Å²) in [7, 11) is 1.96. The highest BCUT2D eigenvalue weighted by Gasteiger charge is 2.12. The number of hydrogen-bond donors (Lipinski definition) is 1. The van der Waals surface area contributed by atoms with Gasteiger partial charge in [-0.3, -0.25) is 9.69 Å². The van der Waals surface area contributed by atoms with Crippen LogP contribution in [0.4, 0.5) is 5.82 Å². The Labute approximate surface area is 122 Å². The molecule has 0 aliphatic heterocycles. The average Bonchev–Trinajstić information content (AvgIpc) is 2.42. The lowest BCUT2D eigenvalue weighted by Crippen LogP contribution is -2.38. The molecule has 0 saturated heterocycles. The third kappa shape index (κ3) is 5.17. The molecule has 0 saturated carbocycles. The second-order valence-corrected chi connectivity index (χ2v) is 4.82. The molecule has 20 heavy (non-hydrogen) atoms. The largest absolute Gasteiger partial charge is 0.370 e. The molecule has 1 heterocycles. The molecular weight excluding hydrogens is 252 g/mol. The first-order valence-electron chi connectivity index (χ1n) is 7.25. The normalized spacial score (nSPS) is 10.7. The topological polar surface area (TPSA) is 48.5 Å². The van der Waals surface area contributed by atoms with Crippen molar-refractivity contribution in [3.05, 3.63) is 23.9 Å². The lowest BCUT2D eigenvalue weighted by molar-refractivity contribution is -0.131. The van der Waals surface area contributed by atoms with Gasteiger partial charge in [0.05, 0.1) is 6.54 Å². The van der Waals surface area contributed by atoms with Crippen molar-refractivity contribution in [2.75, 3.05) is 38.5 Å². The predicted octanol–water partition coefficient (Wildman–Crippen LogP) is 1.81. The summed E-state index contributed by atoms with van der Waals surface area (Å²) in [4.78, 5) is 20.2. The fraction of sp³-hybridized carbons (Fsp3) is 0.600. The zero-order valence-electron chi connectivity index (χ0n) is 13.0. The van der Waals surface area contributed by atoms with E-state index in [1.807, 2.05) is 55.9 Å². The van der Waals surface area contributed by atoms with Gasteiger partial charge in [-0.25, -0.2) is 4.98 Å². The van der Waals surface area contributed by atoms with Crippen LogP contribution < -0.4 is 5.32 Å². The molecule has 5 nitrogen and oxygen atoms in total. The molecule has 0 spiro atoms. The van der Waals surface area contributed by atoms with Crippen LogP contribution in [0.1, 0.15) is 26.3 Å². The Morgan fingerprint density at radius 3 is 2.45 bits per heavy atom. The van der Waals surface area contributed by atoms with Crippen LogP contribution in [-0.4, -0.2) is 53.9 Å². The first-order valence-corrected chi connectivity index (χ1v) is 7.25. The number of anilines is 1. The van der Waals surface area contributed by atoms with Crippen LogP contribution in [0.3, 0.4) is 0 Å². The van der Waals surface area contributed by atoms with Crippen LogP contribution in [0, 0.1) is 0 Å². The van der Waals surface area contributed by atoms with Gasteiger partial charge >= 0.3 is 0 Å². The Kier molecular flexibility index (Phi) is 7.01. The Balaban J connectivity index is 2.49. The predicted molar refractivity (Wildman–Crippen MR) is 82.7 cm³/mol. The molecule has 1 amide bonds. The second-order valence-electron chi connectivity index (χ2n) is 4.82. The van der Waals surface area contributed by atoms with Gasteiger partial charge in [0.15, 0.2) is 0 Å². The smallest absolute Gasteiger partial charge is 0.236 e. The maximum Gasteiger partial charge on any atom is 0.236 e. The summed E-state index contributed by atoms with van der Waals surface area (Å²) < 4.78 is 0. The molecule has 1 N–H and O–H groups in total. The van der Waals surface area contributed by atoms with E-state index in [1.54, 1.807) is 0 Å². The van der Waals surface area contributed by atoms with E-state index in [2.05, 4.69) is 10.3 Å². The highest BCUT2D eigenvalue weighted by molar-refractivity contribution is 5.78. The number of nitrogens with one attached hydrogen (secondary N) is 1. The first kappa shape index (κ1) is 16.4. The molecule has 1 rings (SSSR count). The minimum atomic E-state index is 0.176. The lowest BCUT2D eigenvalue weighted by Gasteiger charge is -2.23. The number of aromatic nitrogens is 1. The minimum absolute atomic E-state index is 0.176. The molecule has 1 aromatic heterocycles. The standard InChI is InChI=1S/C15H26N4O/c1-5-16-14-9-8-13(10-17-14)11-18(4)12-15(20)19(6-2)7-3/h8-10H,5-7,11-12H2,1-4H3,(H,16,17). The number of rotatable bonds is 8. The fourth-order valence-electron chi connectivity index (χ4n) is 2.08. The number of pyridine rings is 1. The van der Waals surface area contributed by atoms with Gasteiger partial charge in [-0.1, -0.05) is 6.07 Å². The van der Waals surface area contributed by atoms with Gasteiger partial charge in [-0.2, -0.15) is 0 Å². The van der Waals surface area contributed by atoms with Crippen LogP contribution in [0.2, 0.25) is 0 Å². The van der Waals surface area contributed by atoms with Crippen molar-refractivity contribution in [2.24, 2.45) is 0 Å². The maximum absolute atomic E-state index is 12.0. The van der Waals surface area contributed by atoms with E-state index in [0.717, 1.165) is 37.6 Å². The van der Waals surface area contributed by atoms with Gasteiger partial charge in [0.2, 0.25) is 5.91 Å². The molecule has 0 aliphatic carbocycles. The van der Waals surface area contributed by atoms with Gasteiger partial charge < -0.3 is 10.2 Å². The summed E-state index contributed by atoms with van der Waals surface area (Å²) in [5.74, 6) is 1.06. The number of carbonyl (C=O) groups is 1. The van der Waals surface area contributed by atoms with Gasteiger partial charge in [-0.15, -0.1) is 0 Å². The monoisotopic (exact) mass is 278 g/mol.